The van der Waals surface area contributed by atoms with Gasteiger partial charge in [0, 0.05) is 6.54 Å². The molecule has 0 saturated heterocycles. The van der Waals surface area contributed by atoms with Gasteiger partial charge in [0.15, 0.2) is 6.61 Å². The zero-order valence-corrected chi connectivity index (χ0v) is 14.6. The molecular weight excluding hydrogens is 330 g/mol. The molecule has 1 aromatic heterocycles. The second kappa shape index (κ2) is 7.17. The monoisotopic (exact) mass is 351 g/mol. The lowest BCUT2D eigenvalue weighted by Crippen LogP contribution is -2.37. The van der Waals surface area contributed by atoms with E-state index in [1.807, 2.05) is 30.3 Å². The highest BCUT2D eigenvalue weighted by Gasteiger charge is 2.24. The maximum Gasteiger partial charge on any atom is 0.258 e. The number of carbonyl (C=O) groups excluding carboxylic acids is 1. The highest BCUT2D eigenvalue weighted by molar-refractivity contribution is 5.78. The molecule has 2 heterocycles. The fraction of sp³-hybridized carbons (Fsp3) is 0.300. The van der Waals surface area contributed by atoms with Crippen molar-refractivity contribution in [1.82, 2.24) is 14.9 Å². The molecule has 6 heteroatoms. The van der Waals surface area contributed by atoms with E-state index in [4.69, 9.17) is 9.47 Å². The van der Waals surface area contributed by atoms with Crippen LogP contribution in [0.25, 0.3) is 11.0 Å². The maximum atomic E-state index is 12.1. The predicted molar refractivity (Wildman–Crippen MR) is 98.1 cm³/mol. The number of ether oxygens (including phenoxy) is 2. The Morgan fingerprint density at radius 1 is 1.31 bits per heavy atom. The topological polar surface area (TPSA) is 65.4 Å². The molecule has 6 nitrogen and oxygen atoms in total. The van der Waals surface area contributed by atoms with Crippen LogP contribution in [0.4, 0.5) is 0 Å². The van der Waals surface area contributed by atoms with Crippen molar-refractivity contribution in [2.24, 2.45) is 0 Å². The summed E-state index contributed by atoms with van der Waals surface area (Å²) in [4.78, 5) is 16.8. The van der Waals surface area contributed by atoms with E-state index in [0.717, 1.165) is 16.9 Å². The summed E-state index contributed by atoms with van der Waals surface area (Å²) in [5.74, 6) is 1.43. The van der Waals surface area contributed by atoms with Gasteiger partial charge in [-0.25, -0.2) is 4.98 Å². The molecule has 0 aliphatic carbocycles. The molecular formula is C20H21N3O3. The number of carbonyl (C=O) groups is 1. The van der Waals surface area contributed by atoms with Crippen molar-refractivity contribution in [1.29, 1.82) is 0 Å². The Morgan fingerprint density at radius 3 is 3.00 bits per heavy atom. The van der Waals surface area contributed by atoms with Gasteiger partial charge in [-0.05, 0) is 36.8 Å². The summed E-state index contributed by atoms with van der Waals surface area (Å²) < 4.78 is 13.3. The average Bonchev–Trinajstić information content (AvgIpc) is 3.03. The van der Waals surface area contributed by atoms with Crippen molar-refractivity contribution >= 4 is 16.9 Å². The van der Waals surface area contributed by atoms with Crippen LogP contribution in [0, 0.1) is 6.92 Å². The van der Waals surface area contributed by atoms with E-state index in [1.165, 1.54) is 5.56 Å². The molecule has 3 aromatic rings. The third-order valence-corrected chi connectivity index (χ3v) is 4.47. The smallest absolute Gasteiger partial charge is 0.258 e. The van der Waals surface area contributed by atoms with Gasteiger partial charge in [0.1, 0.15) is 18.2 Å². The Labute approximate surface area is 151 Å². The van der Waals surface area contributed by atoms with Crippen LogP contribution in [-0.4, -0.2) is 35.2 Å². The van der Waals surface area contributed by atoms with E-state index in [-0.39, 0.29) is 18.6 Å². The Morgan fingerprint density at radius 2 is 2.15 bits per heavy atom. The van der Waals surface area contributed by atoms with E-state index >= 15 is 0 Å². The first kappa shape index (κ1) is 16.6. The van der Waals surface area contributed by atoms with Crippen LogP contribution in [0.5, 0.6) is 5.75 Å². The van der Waals surface area contributed by atoms with Gasteiger partial charge in [-0.2, -0.15) is 0 Å². The molecule has 0 spiro atoms. The van der Waals surface area contributed by atoms with Gasteiger partial charge in [0.05, 0.1) is 23.7 Å². The molecule has 134 valence electrons. The van der Waals surface area contributed by atoms with Crippen LogP contribution in [0.15, 0.2) is 48.5 Å². The van der Waals surface area contributed by atoms with Crippen LogP contribution >= 0.6 is 0 Å². The zero-order chi connectivity index (χ0) is 17.9. The van der Waals surface area contributed by atoms with E-state index in [1.54, 1.807) is 0 Å². The molecule has 1 aliphatic rings. The SMILES string of the molecule is Cc1ccc2c(c1)nc1n2C(CNC(=O)COc2ccccc2)COC1. The van der Waals surface area contributed by atoms with Crippen LogP contribution in [0.1, 0.15) is 17.4 Å². The van der Waals surface area contributed by atoms with E-state index in [0.29, 0.717) is 25.5 Å². The number of amides is 1. The number of rotatable bonds is 5. The molecule has 4 rings (SSSR count). The van der Waals surface area contributed by atoms with Gasteiger partial charge in [-0.1, -0.05) is 24.3 Å². The Kier molecular flexibility index (Phi) is 4.58. The van der Waals surface area contributed by atoms with Crippen molar-refractivity contribution < 1.29 is 14.3 Å². The quantitative estimate of drug-likeness (QED) is 0.767. The average molecular weight is 351 g/mol. The van der Waals surface area contributed by atoms with Crippen LogP contribution in [0.2, 0.25) is 0 Å². The van der Waals surface area contributed by atoms with Gasteiger partial charge in [-0.15, -0.1) is 0 Å². The van der Waals surface area contributed by atoms with Crippen molar-refractivity contribution in [2.45, 2.75) is 19.6 Å². The molecule has 0 radical (unpaired) electrons. The fourth-order valence-corrected chi connectivity index (χ4v) is 3.23. The van der Waals surface area contributed by atoms with Crippen molar-refractivity contribution in [3.8, 4) is 5.75 Å². The molecule has 1 N–H and O–H groups in total. The third-order valence-electron chi connectivity index (χ3n) is 4.47. The van der Waals surface area contributed by atoms with Gasteiger partial charge in [0.2, 0.25) is 0 Å². The van der Waals surface area contributed by atoms with E-state index < -0.39 is 0 Å². The molecule has 1 unspecified atom stereocenters. The molecule has 1 atom stereocenters. The van der Waals surface area contributed by atoms with Crippen LogP contribution in [-0.2, 0) is 16.1 Å². The lowest BCUT2D eigenvalue weighted by molar-refractivity contribution is -0.123. The highest BCUT2D eigenvalue weighted by Crippen LogP contribution is 2.26. The van der Waals surface area contributed by atoms with Crippen LogP contribution in [0.3, 0.4) is 0 Å². The molecule has 0 saturated carbocycles. The molecule has 26 heavy (non-hydrogen) atoms. The van der Waals surface area contributed by atoms with Crippen molar-refractivity contribution in [3.05, 3.63) is 59.9 Å². The predicted octanol–water partition coefficient (Wildman–Crippen LogP) is 2.61. The summed E-state index contributed by atoms with van der Waals surface area (Å²) in [6.07, 6.45) is 0. The van der Waals surface area contributed by atoms with E-state index in [9.17, 15) is 4.79 Å². The number of para-hydroxylation sites is 1. The molecule has 1 aliphatic heterocycles. The van der Waals surface area contributed by atoms with Crippen molar-refractivity contribution in [3.63, 3.8) is 0 Å². The molecule has 2 aromatic carbocycles. The number of aromatic nitrogens is 2. The number of aryl methyl sites for hydroxylation is 1. The highest BCUT2D eigenvalue weighted by atomic mass is 16.5. The van der Waals surface area contributed by atoms with Crippen LogP contribution < -0.4 is 10.1 Å². The minimum Gasteiger partial charge on any atom is -0.484 e. The largest absolute Gasteiger partial charge is 0.484 e. The summed E-state index contributed by atoms with van der Waals surface area (Å²) in [6.45, 7) is 3.57. The summed E-state index contributed by atoms with van der Waals surface area (Å²) in [5.41, 5.74) is 3.22. The third kappa shape index (κ3) is 3.41. The van der Waals surface area contributed by atoms with E-state index in [2.05, 4.69) is 40.0 Å². The minimum absolute atomic E-state index is 0.00564. The molecule has 0 bridgehead atoms. The summed E-state index contributed by atoms with van der Waals surface area (Å²) in [5, 5.41) is 2.94. The van der Waals surface area contributed by atoms with Crippen molar-refractivity contribution in [2.75, 3.05) is 19.8 Å². The summed E-state index contributed by atoms with van der Waals surface area (Å²) >= 11 is 0. The lowest BCUT2D eigenvalue weighted by atomic mass is 10.2. The fourth-order valence-electron chi connectivity index (χ4n) is 3.23. The first-order valence-corrected chi connectivity index (χ1v) is 8.70. The Balaban J connectivity index is 1.42. The van der Waals surface area contributed by atoms with Gasteiger partial charge < -0.3 is 19.4 Å². The number of nitrogens with one attached hydrogen (secondary N) is 1. The first-order chi connectivity index (χ1) is 12.7. The maximum absolute atomic E-state index is 12.1. The van der Waals surface area contributed by atoms with Gasteiger partial charge in [0.25, 0.3) is 5.91 Å². The summed E-state index contributed by atoms with van der Waals surface area (Å²) in [6, 6.07) is 15.6. The Hall–Kier alpha value is -2.86. The lowest BCUT2D eigenvalue weighted by Gasteiger charge is -2.26. The number of nitrogens with zero attached hydrogens (tertiary/aromatic N) is 2. The van der Waals surface area contributed by atoms with Gasteiger partial charge >= 0.3 is 0 Å². The number of benzene rings is 2. The number of imidazole rings is 1. The normalized spacial score (nSPS) is 16.3. The second-order valence-electron chi connectivity index (χ2n) is 6.46. The molecule has 0 fully saturated rings. The standard InChI is InChI=1S/C20H21N3O3/c1-14-7-8-18-17(9-14)22-19-12-25-11-15(23(18)19)10-21-20(24)13-26-16-5-3-2-4-6-16/h2-9,15H,10-13H2,1H3,(H,21,24). The molecule has 1 amide bonds. The Bertz CT molecular complexity index is 921. The summed E-state index contributed by atoms with van der Waals surface area (Å²) in [7, 11) is 0. The number of fused-ring (bicyclic) bond motifs is 3. The number of hydrogen-bond acceptors (Lipinski definition) is 4. The minimum atomic E-state index is -0.152. The van der Waals surface area contributed by atoms with Gasteiger partial charge in [-0.3, -0.25) is 4.79 Å². The first-order valence-electron chi connectivity index (χ1n) is 8.70. The second-order valence-corrected chi connectivity index (χ2v) is 6.46. The zero-order valence-electron chi connectivity index (χ0n) is 14.6. The number of hydrogen-bond donors (Lipinski definition) is 1.